The molecule has 198 valence electrons. The van der Waals surface area contributed by atoms with Gasteiger partial charge in [0.05, 0.1) is 36.3 Å². The van der Waals surface area contributed by atoms with Gasteiger partial charge in [0, 0.05) is 25.5 Å². The predicted molar refractivity (Wildman–Crippen MR) is 139 cm³/mol. The zero-order valence-electron chi connectivity index (χ0n) is 21.0. The van der Waals surface area contributed by atoms with Crippen LogP contribution in [-0.4, -0.2) is 67.7 Å². The normalized spacial score (nSPS) is 15.0. The zero-order valence-corrected chi connectivity index (χ0v) is 21.0. The summed E-state index contributed by atoms with van der Waals surface area (Å²) in [5.74, 6) is -1.42. The molecule has 38 heavy (non-hydrogen) atoms. The van der Waals surface area contributed by atoms with E-state index in [-0.39, 0.29) is 40.6 Å². The lowest BCUT2D eigenvalue weighted by molar-refractivity contribution is -0.127. The number of nitrogens with one attached hydrogen (secondary N) is 2. The number of carboxylic acids is 1. The molecule has 1 saturated heterocycles. The largest absolute Gasteiger partial charge is 0.495 e. The quantitative estimate of drug-likeness (QED) is 0.307. The molecule has 1 aromatic carbocycles. The maximum absolute atomic E-state index is 12.1. The minimum absolute atomic E-state index is 0.0165. The molecule has 2 amide bonds. The van der Waals surface area contributed by atoms with Crippen molar-refractivity contribution < 1.29 is 24.2 Å². The Morgan fingerprint density at radius 1 is 1.26 bits per heavy atom. The van der Waals surface area contributed by atoms with Crippen LogP contribution in [0.4, 0.5) is 23.1 Å². The number of hydrogen-bond donors (Lipinski definition) is 4. The van der Waals surface area contributed by atoms with Crippen LogP contribution in [-0.2, 0) is 4.79 Å². The van der Waals surface area contributed by atoms with Crippen LogP contribution in [0.5, 0.6) is 5.75 Å². The average molecular weight is 521 g/mol. The number of methoxy groups -OCH3 is 1. The number of rotatable bonds is 9. The summed E-state index contributed by atoms with van der Waals surface area (Å²) >= 11 is 0. The van der Waals surface area contributed by atoms with Crippen molar-refractivity contribution in [3.05, 3.63) is 60.1 Å². The van der Waals surface area contributed by atoms with E-state index in [1.165, 1.54) is 31.5 Å². The number of aromatic nitrogens is 4. The number of carbonyl (C=O) groups is 3. The van der Waals surface area contributed by atoms with Gasteiger partial charge in [0.1, 0.15) is 17.1 Å². The molecule has 1 aliphatic heterocycles. The highest BCUT2D eigenvalue weighted by molar-refractivity contribution is 5.98. The molecule has 1 fully saturated rings. The third-order valence-electron chi connectivity index (χ3n) is 6.18. The molecule has 0 spiro atoms. The van der Waals surface area contributed by atoms with E-state index in [1.807, 2.05) is 0 Å². The number of carboxylic acid groups (broad SMARTS) is 1. The van der Waals surface area contributed by atoms with Gasteiger partial charge < -0.3 is 31.1 Å². The van der Waals surface area contributed by atoms with Gasteiger partial charge in [-0.25, -0.2) is 9.78 Å². The van der Waals surface area contributed by atoms with Crippen LogP contribution in [0.3, 0.4) is 0 Å². The van der Waals surface area contributed by atoms with Crippen molar-refractivity contribution in [2.24, 2.45) is 5.73 Å². The summed E-state index contributed by atoms with van der Waals surface area (Å²) in [4.78, 5) is 45.9. The molecular weight excluding hydrogens is 492 g/mol. The molecule has 3 aromatic rings. The van der Waals surface area contributed by atoms with Crippen molar-refractivity contribution in [3.8, 4) is 5.75 Å². The smallest absolute Gasteiger partial charge is 0.335 e. The number of primary amides is 1. The predicted octanol–water partition coefficient (Wildman–Crippen LogP) is 2.62. The van der Waals surface area contributed by atoms with Crippen LogP contribution < -0.4 is 21.1 Å². The summed E-state index contributed by atoms with van der Waals surface area (Å²) in [5.41, 5.74) is 7.21. The fourth-order valence-electron chi connectivity index (χ4n) is 4.27. The Labute approximate surface area is 218 Å². The summed E-state index contributed by atoms with van der Waals surface area (Å²) < 4.78 is 7.15. The SMILES string of the molecule is C=CC(=O)N1CCC[C@@H](n2cc(Nc3ncc(C(N)=O)c(Nc4c(C)cc(C(=O)O)cc4OC)n3)cn2)C1. The summed E-state index contributed by atoms with van der Waals surface area (Å²) in [7, 11) is 1.41. The molecule has 13 heteroatoms. The summed E-state index contributed by atoms with van der Waals surface area (Å²) in [6.45, 7) is 6.48. The molecule has 0 radical (unpaired) electrons. The highest BCUT2D eigenvalue weighted by Gasteiger charge is 2.24. The second kappa shape index (κ2) is 11.0. The topological polar surface area (TPSA) is 178 Å². The molecule has 0 bridgehead atoms. The Bertz CT molecular complexity index is 1400. The summed E-state index contributed by atoms with van der Waals surface area (Å²) in [6, 6.07) is 2.86. The Morgan fingerprint density at radius 3 is 2.74 bits per heavy atom. The maximum atomic E-state index is 12.1. The Hall–Kier alpha value is -4.94. The van der Waals surface area contributed by atoms with E-state index in [1.54, 1.807) is 28.9 Å². The molecule has 4 rings (SSSR count). The van der Waals surface area contributed by atoms with Gasteiger partial charge in [-0.1, -0.05) is 6.58 Å². The van der Waals surface area contributed by atoms with Gasteiger partial charge in [-0.3, -0.25) is 14.3 Å². The van der Waals surface area contributed by atoms with Gasteiger partial charge in [0.15, 0.2) is 0 Å². The number of likely N-dealkylation sites (tertiary alicyclic amines) is 1. The van der Waals surface area contributed by atoms with Crippen LogP contribution in [0, 0.1) is 6.92 Å². The van der Waals surface area contributed by atoms with Crippen molar-refractivity contribution in [1.29, 1.82) is 0 Å². The molecule has 1 atom stereocenters. The second-order valence-corrected chi connectivity index (χ2v) is 8.74. The van der Waals surface area contributed by atoms with Crippen LogP contribution in [0.1, 0.15) is 45.2 Å². The van der Waals surface area contributed by atoms with E-state index >= 15 is 0 Å². The number of amides is 2. The zero-order chi connectivity index (χ0) is 27.4. The van der Waals surface area contributed by atoms with Crippen molar-refractivity contribution in [2.45, 2.75) is 25.8 Å². The van der Waals surface area contributed by atoms with Crippen LogP contribution >= 0.6 is 0 Å². The fourth-order valence-corrected chi connectivity index (χ4v) is 4.27. The lowest BCUT2D eigenvalue weighted by atomic mass is 10.1. The molecule has 13 nitrogen and oxygen atoms in total. The minimum atomic E-state index is -1.10. The van der Waals surface area contributed by atoms with Gasteiger partial charge in [0.25, 0.3) is 5.91 Å². The summed E-state index contributed by atoms with van der Waals surface area (Å²) in [6.07, 6.45) is 7.75. The standard InChI is InChI=1S/C25H28N8O5/c1-4-20(34)32-7-5-6-17(13-32)33-12-16(10-28-33)29-25-27-11-18(22(26)35)23(31-25)30-21-14(2)8-15(24(36)37)9-19(21)38-3/h4,8-12,17H,1,5-7,13H2,2-3H3,(H2,26,35)(H,36,37)(H2,27,29,30,31)/t17-/m1/s1. The number of anilines is 4. The number of piperidine rings is 1. The van der Waals surface area contributed by atoms with Crippen molar-refractivity contribution in [3.63, 3.8) is 0 Å². The molecule has 0 aliphatic carbocycles. The van der Waals surface area contributed by atoms with Gasteiger partial charge >= 0.3 is 5.97 Å². The molecule has 0 unspecified atom stereocenters. The van der Waals surface area contributed by atoms with Crippen LogP contribution in [0.2, 0.25) is 0 Å². The first-order valence-corrected chi connectivity index (χ1v) is 11.8. The molecule has 1 aliphatic rings. The molecule has 5 N–H and O–H groups in total. The fraction of sp³-hybridized carbons (Fsp3) is 0.280. The van der Waals surface area contributed by atoms with Gasteiger partial charge in [0.2, 0.25) is 11.9 Å². The van der Waals surface area contributed by atoms with E-state index in [9.17, 15) is 19.5 Å². The van der Waals surface area contributed by atoms with E-state index in [0.717, 1.165) is 12.8 Å². The summed E-state index contributed by atoms with van der Waals surface area (Å²) in [5, 5.41) is 19.9. The van der Waals surface area contributed by atoms with E-state index < -0.39 is 11.9 Å². The maximum Gasteiger partial charge on any atom is 0.335 e. The molecule has 3 heterocycles. The first-order valence-electron chi connectivity index (χ1n) is 11.8. The van der Waals surface area contributed by atoms with Gasteiger partial charge in [-0.2, -0.15) is 10.1 Å². The number of nitrogens with two attached hydrogens (primary N) is 1. The first-order chi connectivity index (χ1) is 18.2. The van der Waals surface area contributed by atoms with Crippen LogP contribution in [0.15, 0.2) is 43.4 Å². The van der Waals surface area contributed by atoms with E-state index in [0.29, 0.717) is 30.0 Å². The molecule has 2 aromatic heterocycles. The second-order valence-electron chi connectivity index (χ2n) is 8.74. The lowest BCUT2D eigenvalue weighted by Gasteiger charge is -2.32. The monoisotopic (exact) mass is 520 g/mol. The van der Waals surface area contributed by atoms with Gasteiger partial charge in [-0.15, -0.1) is 0 Å². The number of aryl methyl sites for hydroxylation is 1. The third kappa shape index (κ3) is 5.56. The third-order valence-corrected chi connectivity index (χ3v) is 6.18. The Kier molecular flexibility index (Phi) is 7.55. The Morgan fingerprint density at radius 2 is 2.05 bits per heavy atom. The number of carbonyl (C=O) groups excluding carboxylic acids is 2. The van der Waals surface area contributed by atoms with Crippen LogP contribution in [0.25, 0.3) is 0 Å². The van der Waals surface area contributed by atoms with E-state index in [2.05, 4.69) is 32.3 Å². The number of hydrogen-bond acceptors (Lipinski definition) is 9. The van der Waals surface area contributed by atoms with E-state index in [4.69, 9.17) is 10.5 Å². The number of nitrogens with zero attached hydrogens (tertiary/aromatic N) is 5. The number of benzene rings is 1. The van der Waals surface area contributed by atoms with Crippen molar-refractivity contribution in [1.82, 2.24) is 24.6 Å². The number of aromatic carboxylic acids is 1. The van der Waals surface area contributed by atoms with Crippen molar-refractivity contribution in [2.75, 3.05) is 30.8 Å². The lowest BCUT2D eigenvalue weighted by Crippen LogP contribution is -2.39. The van der Waals surface area contributed by atoms with Crippen molar-refractivity contribution >= 4 is 40.9 Å². The Balaban J connectivity index is 1.58. The highest BCUT2D eigenvalue weighted by Crippen LogP contribution is 2.33. The number of ether oxygens (including phenoxy) is 1. The van der Waals surface area contributed by atoms with Gasteiger partial charge in [-0.05, 0) is 43.5 Å². The average Bonchev–Trinajstić information content (AvgIpc) is 3.37. The first kappa shape index (κ1) is 26.1. The molecule has 0 saturated carbocycles. The highest BCUT2D eigenvalue weighted by atomic mass is 16.5. The minimum Gasteiger partial charge on any atom is -0.495 e. The molecular formula is C25H28N8O5.